The zero-order valence-electron chi connectivity index (χ0n) is 13.8. The molecule has 21 heavy (non-hydrogen) atoms. The molecule has 0 radical (unpaired) electrons. The van der Waals surface area contributed by atoms with Crippen molar-refractivity contribution in [2.75, 3.05) is 5.75 Å². The number of ketones is 1. The molecular weight excluding hydrogens is 284 g/mol. The molecule has 4 nitrogen and oxygen atoms in total. The highest BCUT2D eigenvalue weighted by Gasteiger charge is 2.60. The van der Waals surface area contributed by atoms with Crippen LogP contribution in [0.4, 0.5) is 4.79 Å². The summed E-state index contributed by atoms with van der Waals surface area (Å²) in [5.74, 6) is 1.29. The summed E-state index contributed by atoms with van der Waals surface area (Å²) in [5.41, 5.74) is -0.556. The third-order valence-electron chi connectivity index (χ3n) is 5.08. The number of urea groups is 1. The number of carbonyl (C=O) groups is 2. The first-order valence-electron chi connectivity index (χ1n) is 7.84. The van der Waals surface area contributed by atoms with Gasteiger partial charge in [0.25, 0.3) is 0 Å². The number of thioether (sulfide) groups is 1. The van der Waals surface area contributed by atoms with E-state index in [4.69, 9.17) is 0 Å². The van der Waals surface area contributed by atoms with Gasteiger partial charge in [-0.25, -0.2) is 4.79 Å². The highest BCUT2D eigenvalue weighted by molar-refractivity contribution is 8.00. The van der Waals surface area contributed by atoms with Crippen LogP contribution in [-0.4, -0.2) is 33.9 Å². The van der Waals surface area contributed by atoms with Crippen LogP contribution in [0.2, 0.25) is 0 Å². The highest BCUT2D eigenvalue weighted by Crippen LogP contribution is 2.47. The van der Waals surface area contributed by atoms with Gasteiger partial charge < -0.3 is 10.6 Å². The molecule has 2 rings (SSSR count). The third-order valence-corrected chi connectivity index (χ3v) is 6.94. The molecule has 120 valence electrons. The molecule has 0 aliphatic carbocycles. The fraction of sp³-hybridized carbons (Fsp3) is 0.875. The van der Waals surface area contributed by atoms with E-state index >= 15 is 0 Å². The van der Waals surface area contributed by atoms with Gasteiger partial charge in [0.05, 0.1) is 11.1 Å². The summed E-state index contributed by atoms with van der Waals surface area (Å²) >= 11 is 1.94. The van der Waals surface area contributed by atoms with Crippen molar-refractivity contribution in [3.63, 3.8) is 0 Å². The SMILES string of the molecule is CC(C)(C)C(=O)CCCC[C@@H]1SC[C@]2(C)NC(=O)N[C@]12C. The maximum atomic E-state index is 11.9. The van der Waals surface area contributed by atoms with Gasteiger partial charge in [-0.2, -0.15) is 11.8 Å². The Hall–Kier alpha value is -0.710. The number of hydrogen-bond acceptors (Lipinski definition) is 3. The van der Waals surface area contributed by atoms with Crippen LogP contribution >= 0.6 is 11.8 Å². The molecule has 0 bridgehead atoms. The predicted molar refractivity (Wildman–Crippen MR) is 87.7 cm³/mol. The lowest BCUT2D eigenvalue weighted by Gasteiger charge is -2.35. The fourth-order valence-corrected chi connectivity index (χ4v) is 5.10. The van der Waals surface area contributed by atoms with Crippen molar-refractivity contribution in [1.82, 2.24) is 10.6 Å². The van der Waals surface area contributed by atoms with E-state index < -0.39 is 0 Å². The van der Waals surface area contributed by atoms with Crippen molar-refractivity contribution in [3.05, 3.63) is 0 Å². The predicted octanol–water partition coefficient (Wildman–Crippen LogP) is 3.11. The minimum atomic E-state index is -0.226. The van der Waals surface area contributed by atoms with Crippen LogP contribution in [0.3, 0.4) is 0 Å². The molecule has 2 heterocycles. The second-order valence-corrected chi connectivity index (χ2v) is 9.02. The Morgan fingerprint density at radius 2 is 1.95 bits per heavy atom. The Bertz CT molecular complexity index is 446. The molecule has 3 atom stereocenters. The van der Waals surface area contributed by atoms with Crippen molar-refractivity contribution in [2.45, 2.75) is 76.6 Å². The Labute approximate surface area is 132 Å². The summed E-state index contributed by atoms with van der Waals surface area (Å²) in [6, 6.07) is -0.0480. The number of rotatable bonds is 5. The summed E-state index contributed by atoms with van der Waals surface area (Å²) in [5, 5.41) is 6.61. The van der Waals surface area contributed by atoms with Crippen LogP contribution in [0.25, 0.3) is 0 Å². The molecule has 0 aromatic carbocycles. The van der Waals surface area contributed by atoms with Crippen LogP contribution in [0, 0.1) is 5.41 Å². The molecule has 2 aliphatic rings. The zero-order chi connectivity index (χ0) is 15.9. The molecule has 2 N–H and O–H groups in total. The van der Waals surface area contributed by atoms with Crippen LogP contribution in [-0.2, 0) is 4.79 Å². The normalized spacial score (nSPS) is 35.3. The molecule has 5 heteroatoms. The van der Waals surface area contributed by atoms with E-state index in [0.717, 1.165) is 25.0 Å². The molecule has 2 aliphatic heterocycles. The molecule has 0 aromatic heterocycles. The maximum absolute atomic E-state index is 11.9. The summed E-state index contributed by atoms with van der Waals surface area (Å²) in [6.45, 7) is 10.2. The second-order valence-electron chi connectivity index (χ2n) is 7.83. The summed E-state index contributed by atoms with van der Waals surface area (Å²) in [4.78, 5) is 23.6. The lowest BCUT2D eigenvalue weighted by atomic mass is 9.78. The number of amides is 2. The van der Waals surface area contributed by atoms with Crippen molar-refractivity contribution < 1.29 is 9.59 Å². The van der Waals surface area contributed by atoms with Gasteiger partial charge in [-0.05, 0) is 26.7 Å². The number of carbonyl (C=O) groups excluding carboxylic acids is 2. The van der Waals surface area contributed by atoms with Crippen LogP contribution in [0.5, 0.6) is 0 Å². The van der Waals surface area contributed by atoms with Gasteiger partial charge in [0.15, 0.2) is 0 Å². The third kappa shape index (κ3) is 3.08. The van der Waals surface area contributed by atoms with E-state index in [9.17, 15) is 9.59 Å². The van der Waals surface area contributed by atoms with Gasteiger partial charge in [-0.1, -0.05) is 27.2 Å². The van der Waals surface area contributed by atoms with E-state index in [1.54, 1.807) is 0 Å². The standard InChI is InChI=1S/C16H28N2O2S/c1-14(2,3)11(19)8-6-7-9-12-16(5)15(4,10-21-12)17-13(20)18-16/h12H,6-10H2,1-5H3,(H2,17,18,20)/t12-,15-,16+/m0/s1. The Balaban J connectivity index is 1.83. The summed E-state index contributed by atoms with van der Waals surface area (Å²) < 4.78 is 0. The maximum Gasteiger partial charge on any atom is 0.315 e. The van der Waals surface area contributed by atoms with Gasteiger partial charge in [0.1, 0.15) is 5.78 Å². The molecule has 0 saturated carbocycles. The quantitative estimate of drug-likeness (QED) is 0.606. The molecule has 2 saturated heterocycles. The first kappa shape index (κ1) is 16.7. The van der Waals surface area contributed by atoms with Gasteiger partial charge in [-0.3, -0.25) is 4.79 Å². The first-order chi connectivity index (χ1) is 9.58. The minimum Gasteiger partial charge on any atom is -0.330 e. The Morgan fingerprint density at radius 1 is 1.29 bits per heavy atom. The topological polar surface area (TPSA) is 58.2 Å². The van der Waals surface area contributed by atoms with Crippen molar-refractivity contribution in [3.8, 4) is 0 Å². The highest BCUT2D eigenvalue weighted by atomic mass is 32.2. The Kier molecular flexibility index (Phi) is 4.35. The van der Waals surface area contributed by atoms with E-state index in [1.807, 2.05) is 32.5 Å². The van der Waals surface area contributed by atoms with E-state index in [2.05, 4.69) is 24.5 Å². The number of Topliss-reactive ketones (excluding diaryl/α,β-unsaturated/α-hetero) is 1. The van der Waals surface area contributed by atoms with Crippen molar-refractivity contribution in [2.24, 2.45) is 5.41 Å². The van der Waals surface area contributed by atoms with Gasteiger partial charge in [0.2, 0.25) is 0 Å². The van der Waals surface area contributed by atoms with Gasteiger partial charge in [-0.15, -0.1) is 0 Å². The van der Waals surface area contributed by atoms with E-state index in [0.29, 0.717) is 17.5 Å². The monoisotopic (exact) mass is 312 g/mol. The van der Waals surface area contributed by atoms with Gasteiger partial charge in [0, 0.05) is 22.8 Å². The number of nitrogens with one attached hydrogen (secondary N) is 2. The fourth-order valence-electron chi connectivity index (χ4n) is 3.20. The largest absolute Gasteiger partial charge is 0.330 e. The Morgan fingerprint density at radius 3 is 2.57 bits per heavy atom. The lowest BCUT2D eigenvalue weighted by molar-refractivity contribution is -0.126. The van der Waals surface area contributed by atoms with Crippen molar-refractivity contribution >= 4 is 23.6 Å². The van der Waals surface area contributed by atoms with Crippen LogP contribution in [0.15, 0.2) is 0 Å². The smallest absolute Gasteiger partial charge is 0.315 e. The van der Waals surface area contributed by atoms with Gasteiger partial charge >= 0.3 is 6.03 Å². The molecule has 0 spiro atoms. The second kappa shape index (κ2) is 5.49. The number of unbranched alkanes of at least 4 members (excludes halogenated alkanes) is 1. The summed E-state index contributed by atoms with van der Waals surface area (Å²) in [6.07, 6.45) is 3.71. The molecule has 2 amide bonds. The first-order valence-corrected chi connectivity index (χ1v) is 8.89. The molecule has 2 fully saturated rings. The van der Waals surface area contributed by atoms with E-state index in [1.165, 1.54) is 0 Å². The average Bonchev–Trinajstić information content (AvgIpc) is 2.69. The minimum absolute atomic E-state index is 0.0480. The molecular formula is C16H28N2O2S. The van der Waals surface area contributed by atoms with Crippen molar-refractivity contribution in [1.29, 1.82) is 0 Å². The number of hydrogen-bond donors (Lipinski definition) is 2. The summed E-state index contributed by atoms with van der Waals surface area (Å²) in [7, 11) is 0. The van der Waals surface area contributed by atoms with Crippen LogP contribution in [0.1, 0.15) is 60.3 Å². The average molecular weight is 312 g/mol. The van der Waals surface area contributed by atoms with E-state index in [-0.39, 0.29) is 22.5 Å². The van der Waals surface area contributed by atoms with Crippen LogP contribution < -0.4 is 10.6 Å². The number of fused-ring (bicyclic) bond motifs is 1. The molecule has 0 unspecified atom stereocenters. The zero-order valence-corrected chi connectivity index (χ0v) is 14.7. The molecule has 0 aromatic rings. The lowest BCUT2D eigenvalue weighted by Crippen LogP contribution is -2.58.